The molecule has 3 atom stereocenters. The van der Waals surface area contributed by atoms with E-state index in [4.69, 9.17) is 10.2 Å². The van der Waals surface area contributed by atoms with Crippen LogP contribution in [0.5, 0.6) is 0 Å². The number of rotatable bonds is 5. The molecule has 0 bridgehead atoms. The van der Waals surface area contributed by atoms with E-state index in [9.17, 15) is 14.4 Å². The fourth-order valence-corrected chi connectivity index (χ4v) is 4.37. The van der Waals surface area contributed by atoms with E-state index < -0.39 is 12.1 Å². The van der Waals surface area contributed by atoms with Gasteiger partial charge >= 0.3 is 6.03 Å². The monoisotopic (exact) mass is 426 g/mol. The van der Waals surface area contributed by atoms with Crippen molar-refractivity contribution in [2.24, 2.45) is 23.0 Å². The molecule has 1 aliphatic carbocycles. The molecule has 1 aromatic heterocycles. The van der Waals surface area contributed by atoms with Crippen LogP contribution in [-0.2, 0) is 6.42 Å². The van der Waals surface area contributed by atoms with Crippen LogP contribution in [0.1, 0.15) is 63.5 Å². The van der Waals surface area contributed by atoms with Gasteiger partial charge in [-0.2, -0.15) is 5.06 Å². The Kier molecular flexibility index (Phi) is 7.07. The Labute approximate surface area is 183 Å². The molecule has 0 saturated heterocycles. The van der Waals surface area contributed by atoms with Crippen LogP contribution in [0, 0.1) is 34.9 Å². The second-order valence-corrected chi connectivity index (χ2v) is 9.13. The Morgan fingerprint density at radius 3 is 2.68 bits per heavy atom. The molecule has 0 spiro atoms. The third-order valence-corrected chi connectivity index (χ3v) is 6.68. The van der Waals surface area contributed by atoms with Gasteiger partial charge in [-0.15, -0.1) is 0 Å². The number of benzene rings is 1. The average molecular weight is 427 g/mol. The summed E-state index contributed by atoms with van der Waals surface area (Å²) in [6.45, 7) is 6.67. The first-order valence-corrected chi connectivity index (χ1v) is 10.8. The van der Waals surface area contributed by atoms with Gasteiger partial charge < -0.3 is 10.2 Å². The molecule has 31 heavy (non-hydrogen) atoms. The second-order valence-electron chi connectivity index (χ2n) is 9.13. The van der Waals surface area contributed by atoms with Gasteiger partial charge in [-0.1, -0.05) is 45.2 Å². The van der Waals surface area contributed by atoms with E-state index in [2.05, 4.69) is 32.6 Å². The van der Waals surface area contributed by atoms with E-state index in [0.29, 0.717) is 28.9 Å². The summed E-state index contributed by atoms with van der Waals surface area (Å²) < 4.78 is 18.9. The molecule has 5 nitrogen and oxygen atoms in total. The van der Waals surface area contributed by atoms with Gasteiger partial charge in [0.2, 0.25) is 0 Å². The predicted octanol–water partition coefficient (Wildman–Crippen LogP) is 5.35. The first kappa shape index (κ1) is 22.9. The normalized spacial score (nSPS) is 21.9. The van der Waals surface area contributed by atoms with Gasteiger partial charge in [0.1, 0.15) is 17.6 Å². The molecule has 3 unspecified atom stereocenters. The van der Waals surface area contributed by atoms with Crippen LogP contribution in [0.15, 0.2) is 40.8 Å². The molecular formula is C25H31FN2O3. The molecule has 3 N–H and O–H groups in total. The van der Waals surface area contributed by atoms with E-state index in [1.54, 1.807) is 18.2 Å². The van der Waals surface area contributed by atoms with Crippen molar-refractivity contribution in [2.45, 2.75) is 58.9 Å². The first-order valence-electron chi connectivity index (χ1n) is 10.8. The number of primary amides is 1. The highest BCUT2D eigenvalue weighted by atomic mass is 19.1. The molecule has 2 aromatic rings. The van der Waals surface area contributed by atoms with E-state index in [1.165, 1.54) is 12.1 Å². The van der Waals surface area contributed by atoms with Crippen LogP contribution in [0.3, 0.4) is 0 Å². The number of amides is 2. The van der Waals surface area contributed by atoms with Crippen LogP contribution >= 0.6 is 0 Å². The molecule has 1 fully saturated rings. The highest BCUT2D eigenvalue weighted by Crippen LogP contribution is 2.45. The van der Waals surface area contributed by atoms with Gasteiger partial charge in [0.15, 0.2) is 5.76 Å². The lowest BCUT2D eigenvalue weighted by atomic mass is 9.63. The Morgan fingerprint density at radius 1 is 1.32 bits per heavy atom. The van der Waals surface area contributed by atoms with Gasteiger partial charge in [-0.3, -0.25) is 5.21 Å². The Balaban J connectivity index is 1.78. The van der Waals surface area contributed by atoms with Crippen molar-refractivity contribution >= 4 is 6.03 Å². The minimum atomic E-state index is -0.910. The van der Waals surface area contributed by atoms with Gasteiger partial charge in [-0.25, -0.2) is 9.18 Å². The zero-order chi connectivity index (χ0) is 22.6. The standard InChI is InChI=1S/C25H31FN2O3/c1-17(2)25(3)14-4-5-19(16-25)23(28(30)24(27)29)13-12-21-10-11-22(31-21)15-18-6-8-20(26)9-7-18/h6-11,17,19,23,30H,4-5,14-16H2,1-3H3,(H2,27,29). The summed E-state index contributed by atoms with van der Waals surface area (Å²) in [5.41, 5.74) is 6.42. The SMILES string of the molecule is CC(C)C1(C)CCCC(C(C#Cc2ccc(Cc3ccc(F)cc3)o2)N(O)C(N)=O)C1. The third kappa shape index (κ3) is 5.68. The van der Waals surface area contributed by atoms with Crippen molar-refractivity contribution in [3.63, 3.8) is 0 Å². The highest BCUT2D eigenvalue weighted by molar-refractivity contribution is 5.71. The van der Waals surface area contributed by atoms with Gasteiger partial charge in [0.05, 0.1) is 0 Å². The Morgan fingerprint density at radius 2 is 2.03 bits per heavy atom. The lowest BCUT2D eigenvalue weighted by Crippen LogP contribution is -2.47. The van der Waals surface area contributed by atoms with Crippen molar-refractivity contribution in [2.75, 3.05) is 0 Å². The molecule has 1 aromatic carbocycles. The lowest BCUT2D eigenvalue weighted by Gasteiger charge is -2.43. The first-order chi connectivity index (χ1) is 14.7. The number of hydrogen-bond acceptors (Lipinski definition) is 3. The fourth-order valence-electron chi connectivity index (χ4n) is 4.37. The topological polar surface area (TPSA) is 79.7 Å². The van der Waals surface area contributed by atoms with Crippen LogP contribution in [-0.4, -0.2) is 22.3 Å². The number of carbonyl (C=O) groups excluding carboxylic acids is 1. The summed E-state index contributed by atoms with van der Waals surface area (Å²) in [6.07, 6.45) is 4.40. The molecule has 0 radical (unpaired) electrons. The van der Waals surface area contributed by atoms with Crippen molar-refractivity contribution in [1.82, 2.24) is 5.06 Å². The molecule has 1 heterocycles. The van der Waals surface area contributed by atoms with Crippen LogP contribution in [0.25, 0.3) is 0 Å². The molecule has 6 heteroatoms. The summed E-state index contributed by atoms with van der Waals surface area (Å²) >= 11 is 0. The summed E-state index contributed by atoms with van der Waals surface area (Å²) in [7, 11) is 0. The number of nitrogens with two attached hydrogens (primary N) is 1. The molecule has 2 amide bonds. The Bertz CT molecular complexity index is 957. The van der Waals surface area contributed by atoms with E-state index in [1.807, 2.05) is 6.07 Å². The molecule has 166 valence electrons. The molecule has 1 aliphatic rings. The number of hydroxylamine groups is 2. The molecule has 0 aliphatic heterocycles. The minimum Gasteiger partial charge on any atom is -0.452 e. The lowest BCUT2D eigenvalue weighted by molar-refractivity contribution is -0.0853. The highest BCUT2D eigenvalue weighted by Gasteiger charge is 2.39. The van der Waals surface area contributed by atoms with Crippen LogP contribution in [0.4, 0.5) is 9.18 Å². The maximum Gasteiger partial charge on any atom is 0.339 e. The van der Waals surface area contributed by atoms with Crippen LogP contribution in [0.2, 0.25) is 0 Å². The number of hydrogen-bond donors (Lipinski definition) is 2. The molecular weight excluding hydrogens is 395 g/mol. The van der Waals surface area contributed by atoms with E-state index >= 15 is 0 Å². The van der Waals surface area contributed by atoms with Gasteiger partial charge in [-0.05, 0) is 72.3 Å². The van der Waals surface area contributed by atoms with E-state index in [0.717, 1.165) is 31.2 Å². The molecule has 3 rings (SSSR count). The van der Waals surface area contributed by atoms with Crippen molar-refractivity contribution < 1.29 is 18.8 Å². The summed E-state index contributed by atoms with van der Waals surface area (Å²) in [6, 6.07) is 8.23. The van der Waals surface area contributed by atoms with Gasteiger partial charge in [0, 0.05) is 6.42 Å². The summed E-state index contributed by atoms with van der Waals surface area (Å²) in [5, 5.41) is 10.9. The van der Waals surface area contributed by atoms with Crippen molar-refractivity contribution in [3.8, 4) is 11.8 Å². The maximum atomic E-state index is 13.1. The second kappa shape index (κ2) is 9.57. The quantitative estimate of drug-likeness (QED) is 0.384. The predicted molar refractivity (Wildman–Crippen MR) is 117 cm³/mol. The fraction of sp³-hybridized carbons (Fsp3) is 0.480. The smallest absolute Gasteiger partial charge is 0.339 e. The van der Waals surface area contributed by atoms with Crippen LogP contribution < -0.4 is 5.73 Å². The number of furan rings is 1. The van der Waals surface area contributed by atoms with Gasteiger partial charge in [0.25, 0.3) is 0 Å². The van der Waals surface area contributed by atoms with Crippen molar-refractivity contribution in [3.05, 3.63) is 59.3 Å². The van der Waals surface area contributed by atoms with E-state index in [-0.39, 0.29) is 17.2 Å². The molecule has 1 saturated carbocycles. The number of urea groups is 1. The minimum absolute atomic E-state index is 0.0276. The zero-order valence-electron chi connectivity index (χ0n) is 18.4. The Hall–Kier alpha value is -2.78. The largest absolute Gasteiger partial charge is 0.452 e. The summed E-state index contributed by atoms with van der Waals surface area (Å²) in [5.74, 6) is 7.38. The zero-order valence-corrected chi connectivity index (χ0v) is 18.4. The van der Waals surface area contributed by atoms with Crippen molar-refractivity contribution in [1.29, 1.82) is 0 Å². The third-order valence-electron chi connectivity index (χ3n) is 6.68. The summed E-state index contributed by atoms with van der Waals surface area (Å²) in [4.78, 5) is 11.7. The average Bonchev–Trinajstić information content (AvgIpc) is 3.17. The maximum absolute atomic E-state index is 13.1. The number of nitrogens with zero attached hydrogens (tertiary/aromatic N) is 1. The number of halogens is 1. The number of carbonyl (C=O) groups is 1.